The first-order chi connectivity index (χ1) is 9.95. The molecule has 2 aromatic carbocycles. The maximum Gasteiger partial charge on any atom is 0.263 e. The molecule has 0 amide bonds. The van der Waals surface area contributed by atoms with Gasteiger partial charge in [-0.25, -0.2) is 8.42 Å². The number of anilines is 2. The molecule has 0 aliphatic rings. The monoisotopic (exact) mass is 344 g/mol. The fourth-order valence-corrected chi connectivity index (χ4v) is 3.48. The number of benzene rings is 2. The van der Waals surface area contributed by atoms with E-state index < -0.39 is 10.0 Å². The number of para-hydroxylation sites is 1. The minimum atomic E-state index is -3.76. The number of sulfonamides is 1. The first-order valence-electron chi connectivity index (χ1n) is 6.25. The molecule has 7 heteroatoms. The van der Waals surface area contributed by atoms with Gasteiger partial charge in [-0.15, -0.1) is 0 Å². The van der Waals surface area contributed by atoms with Gasteiger partial charge in [0.1, 0.15) is 4.90 Å². The summed E-state index contributed by atoms with van der Waals surface area (Å²) in [6, 6.07) is 11.4. The number of halogens is 2. The van der Waals surface area contributed by atoms with Gasteiger partial charge in [0.2, 0.25) is 0 Å². The van der Waals surface area contributed by atoms with Gasteiger partial charge < -0.3 is 5.32 Å². The second-order valence-electron chi connectivity index (χ2n) is 4.23. The van der Waals surface area contributed by atoms with Crippen molar-refractivity contribution in [3.63, 3.8) is 0 Å². The molecular formula is C14H14Cl2N2O2S. The Morgan fingerprint density at radius 1 is 1.00 bits per heavy atom. The highest BCUT2D eigenvalue weighted by Crippen LogP contribution is 2.32. The Morgan fingerprint density at radius 2 is 1.67 bits per heavy atom. The first kappa shape index (κ1) is 15.9. The highest BCUT2D eigenvalue weighted by molar-refractivity contribution is 7.92. The van der Waals surface area contributed by atoms with Gasteiger partial charge >= 0.3 is 0 Å². The molecule has 0 bridgehead atoms. The van der Waals surface area contributed by atoms with Crippen LogP contribution in [0.4, 0.5) is 11.4 Å². The number of rotatable bonds is 5. The Labute approximate surface area is 134 Å². The molecule has 2 rings (SSSR count). The van der Waals surface area contributed by atoms with E-state index in [0.717, 1.165) is 0 Å². The highest BCUT2D eigenvalue weighted by Gasteiger charge is 2.19. The second kappa shape index (κ2) is 6.56. The van der Waals surface area contributed by atoms with Crippen molar-refractivity contribution in [3.8, 4) is 0 Å². The third kappa shape index (κ3) is 3.61. The lowest BCUT2D eigenvalue weighted by Crippen LogP contribution is -2.15. The van der Waals surface area contributed by atoms with E-state index in [1.54, 1.807) is 36.4 Å². The quantitative estimate of drug-likeness (QED) is 0.853. The molecular weight excluding hydrogens is 331 g/mol. The van der Waals surface area contributed by atoms with Gasteiger partial charge in [0.15, 0.2) is 0 Å². The fourth-order valence-electron chi connectivity index (χ4n) is 1.82. The Hall–Kier alpha value is -1.43. The zero-order valence-electron chi connectivity index (χ0n) is 11.2. The molecule has 0 spiro atoms. The van der Waals surface area contributed by atoms with E-state index in [4.69, 9.17) is 23.2 Å². The van der Waals surface area contributed by atoms with Gasteiger partial charge in [0.25, 0.3) is 10.0 Å². The summed E-state index contributed by atoms with van der Waals surface area (Å²) in [6.45, 7) is 2.51. The normalized spacial score (nSPS) is 11.2. The summed E-state index contributed by atoms with van der Waals surface area (Å²) in [7, 11) is -3.76. The lowest BCUT2D eigenvalue weighted by molar-refractivity contribution is 0.601. The lowest BCUT2D eigenvalue weighted by Gasteiger charge is -2.14. The summed E-state index contributed by atoms with van der Waals surface area (Å²) >= 11 is 11.9. The molecule has 0 aliphatic carbocycles. The van der Waals surface area contributed by atoms with E-state index in [0.29, 0.717) is 12.2 Å². The van der Waals surface area contributed by atoms with Crippen LogP contribution >= 0.6 is 23.2 Å². The SMILES string of the molecule is CCNc1ccccc1S(=O)(=O)Nc1cccc(Cl)c1Cl. The lowest BCUT2D eigenvalue weighted by atomic mass is 10.3. The van der Waals surface area contributed by atoms with Crippen LogP contribution in [0.15, 0.2) is 47.4 Å². The van der Waals surface area contributed by atoms with Crippen LogP contribution in [0.2, 0.25) is 10.0 Å². The van der Waals surface area contributed by atoms with Gasteiger partial charge in [-0.3, -0.25) is 4.72 Å². The minimum absolute atomic E-state index is 0.155. The Morgan fingerprint density at radius 3 is 2.38 bits per heavy atom. The van der Waals surface area contributed by atoms with Crippen molar-refractivity contribution in [1.29, 1.82) is 0 Å². The molecule has 0 aromatic heterocycles. The molecule has 2 aromatic rings. The predicted octanol–water partition coefficient (Wildman–Crippen LogP) is 4.23. The predicted molar refractivity (Wildman–Crippen MR) is 87.9 cm³/mol. The van der Waals surface area contributed by atoms with Crippen LogP contribution in [0.5, 0.6) is 0 Å². The third-order valence-electron chi connectivity index (χ3n) is 2.74. The van der Waals surface area contributed by atoms with E-state index in [1.165, 1.54) is 6.07 Å². The molecule has 112 valence electrons. The van der Waals surface area contributed by atoms with Gasteiger partial charge in [0, 0.05) is 6.54 Å². The summed E-state index contributed by atoms with van der Waals surface area (Å²) in [5.41, 5.74) is 0.779. The van der Waals surface area contributed by atoms with Crippen molar-refractivity contribution in [1.82, 2.24) is 0 Å². The molecule has 0 aliphatic heterocycles. The van der Waals surface area contributed by atoms with Crippen LogP contribution in [0.3, 0.4) is 0 Å². The average Bonchev–Trinajstić information content (AvgIpc) is 2.44. The average molecular weight is 345 g/mol. The largest absolute Gasteiger partial charge is 0.384 e. The van der Waals surface area contributed by atoms with Crippen LogP contribution in [0.25, 0.3) is 0 Å². The van der Waals surface area contributed by atoms with Crippen LogP contribution in [-0.2, 0) is 10.0 Å². The van der Waals surface area contributed by atoms with Crippen molar-refractivity contribution in [2.75, 3.05) is 16.6 Å². The van der Waals surface area contributed by atoms with Crippen molar-refractivity contribution in [2.24, 2.45) is 0 Å². The summed E-state index contributed by atoms with van der Waals surface area (Å²) < 4.78 is 27.5. The minimum Gasteiger partial charge on any atom is -0.384 e. The summed E-state index contributed by atoms with van der Waals surface area (Å²) in [6.07, 6.45) is 0. The Balaban J connectivity index is 2.41. The number of hydrogen-bond acceptors (Lipinski definition) is 3. The Kier molecular flexibility index (Phi) is 4.98. The topological polar surface area (TPSA) is 58.2 Å². The van der Waals surface area contributed by atoms with Gasteiger partial charge in [-0.2, -0.15) is 0 Å². The van der Waals surface area contributed by atoms with E-state index in [-0.39, 0.29) is 20.6 Å². The maximum atomic E-state index is 12.5. The third-order valence-corrected chi connectivity index (χ3v) is 4.98. The number of nitrogens with one attached hydrogen (secondary N) is 2. The zero-order chi connectivity index (χ0) is 15.5. The van der Waals surface area contributed by atoms with Crippen molar-refractivity contribution < 1.29 is 8.42 Å². The van der Waals surface area contributed by atoms with E-state index in [1.807, 2.05) is 6.92 Å². The highest BCUT2D eigenvalue weighted by atomic mass is 35.5. The molecule has 0 unspecified atom stereocenters. The summed E-state index contributed by atoms with van der Waals surface area (Å²) in [5.74, 6) is 0. The van der Waals surface area contributed by atoms with Gasteiger partial charge in [-0.1, -0.05) is 41.4 Å². The fraction of sp³-hybridized carbons (Fsp3) is 0.143. The standard InChI is InChI=1S/C14H14Cl2N2O2S/c1-2-17-11-7-3-4-9-13(11)21(19,20)18-12-8-5-6-10(15)14(12)16/h3-9,17-18H,2H2,1H3. The van der Waals surface area contributed by atoms with E-state index in [9.17, 15) is 8.42 Å². The molecule has 0 atom stereocenters. The van der Waals surface area contributed by atoms with E-state index >= 15 is 0 Å². The second-order valence-corrected chi connectivity index (χ2v) is 6.67. The summed E-state index contributed by atoms with van der Waals surface area (Å²) in [4.78, 5) is 0.155. The molecule has 0 fully saturated rings. The smallest absolute Gasteiger partial charge is 0.263 e. The first-order valence-corrected chi connectivity index (χ1v) is 8.49. The van der Waals surface area contributed by atoms with Crippen LogP contribution < -0.4 is 10.0 Å². The molecule has 21 heavy (non-hydrogen) atoms. The molecule has 0 heterocycles. The molecule has 0 saturated carbocycles. The van der Waals surface area contributed by atoms with E-state index in [2.05, 4.69) is 10.0 Å². The number of hydrogen-bond donors (Lipinski definition) is 2. The van der Waals surface area contributed by atoms with Crippen LogP contribution in [0.1, 0.15) is 6.92 Å². The van der Waals surface area contributed by atoms with Crippen molar-refractivity contribution >= 4 is 44.6 Å². The van der Waals surface area contributed by atoms with Crippen LogP contribution in [-0.4, -0.2) is 15.0 Å². The van der Waals surface area contributed by atoms with Crippen LogP contribution in [0, 0.1) is 0 Å². The van der Waals surface area contributed by atoms with Crippen molar-refractivity contribution in [3.05, 3.63) is 52.5 Å². The molecule has 0 radical (unpaired) electrons. The van der Waals surface area contributed by atoms with Gasteiger partial charge in [0.05, 0.1) is 21.4 Å². The molecule has 4 nitrogen and oxygen atoms in total. The molecule has 0 saturated heterocycles. The molecule has 2 N–H and O–H groups in total. The van der Waals surface area contributed by atoms with Crippen molar-refractivity contribution in [2.45, 2.75) is 11.8 Å². The Bertz CT molecular complexity index is 748. The zero-order valence-corrected chi connectivity index (χ0v) is 13.6. The summed E-state index contributed by atoms with van der Waals surface area (Å²) in [5, 5.41) is 3.47. The van der Waals surface area contributed by atoms with Gasteiger partial charge in [-0.05, 0) is 31.2 Å². The maximum absolute atomic E-state index is 12.5.